The van der Waals surface area contributed by atoms with Crippen molar-refractivity contribution in [3.05, 3.63) is 35.9 Å². The molecule has 1 aromatic carbocycles. The Morgan fingerprint density at radius 3 is 2.63 bits per heavy atom. The Bertz CT molecular complexity index is 636. The average molecular weight is 374 g/mol. The van der Waals surface area contributed by atoms with Gasteiger partial charge < -0.3 is 14.8 Å². The largest absolute Gasteiger partial charge is 0.464 e. The van der Waals surface area contributed by atoms with E-state index >= 15 is 0 Å². The zero-order valence-electron chi connectivity index (χ0n) is 16.2. The van der Waals surface area contributed by atoms with E-state index in [1.54, 1.807) is 11.8 Å². The Kier molecular flexibility index (Phi) is 6.72. The molecule has 1 aliphatic carbocycles. The van der Waals surface area contributed by atoms with Gasteiger partial charge in [-0.2, -0.15) is 0 Å². The number of fused-ring (bicyclic) bond motifs is 1. The summed E-state index contributed by atoms with van der Waals surface area (Å²) < 4.78 is 10.1. The van der Waals surface area contributed by atoms with E-state index in [4.69, 9.17) is 9.47 Å². The van der Waals surface area contributed by atoms with Gasteiger partial charge in [0, 0.05) is 19.1 Å². The van der Waals surface area contributed by atoms with E-state index < -0.39 is 12.1 Å². The van der Waals surface area contributed by atoms with E-state index in [9.17, 15) is 9.59 Å². The van der Waals surface area contributed by atoms with Gasteiger partial charge >= 0.3 is 12.1 Å². The Hall–Kier alpha value is -2.08. The van der Waals surface area contributed by atoms with Crippen molar-refractivity contribution < 1.29 is 19.1 Å². The summed E-state index contributed by atoms with van der Waals surface area (Å²) in [6.45, 7) is 3.54. The predicted octanol–water partition coefficient (Wildman–Crippen LogP) is 2.96. The highest BCUT2D eigenvalue weighted by Gasteiger charge is 2.44. The molecule has 1 aromatic rings. The summed E-state index contributed by atoms with van der Waals surface area (Å²) in [5.41, 5.74) is 1.28. The molecular weight excluding hydrogens is 344 g/mol. The van der Waals surface area contributed by atoms with Gasteiger partial charge in [-0.1, -0.05) is 30.3 Å². The van der Waals surface area contributed by atoms with Crippen molar-refractivity contribution in [2.24, 2.45) is 11.8 Å². The van der Waals surface area contributed by atoms with E-state index in [1.807, 2.05) is 6.07 Å². The molecule has 6 heteroatoms. The van der Waals surface area contributed by atoms with Crippen LogP contribution < -0.4 is 5.32 Å². The Morgan fingerprint density at radius 1 is 1.15 bits per heavy atom. The zero-order chi connectivity index (χ0) is 19.2. The number of nitrogens with zero attached hydrogens (tertiary/aromatic N) is 1. The zero-order valence-corrected chi connectivity index (χ0v) is 16.2. The molecule has 3 rings (SSSR count). The van der Waals surface area contributed by atoms with Crippen molar-refractivity contribution >= 4 is 12.1 Å². The third kappa shape index (κ3) is 4.80. The summed E-state index contributed by atoms with van der Waals surface area (Å²) in [5.74, 6) is 0.521. The third-order valence-corrected chi connectivity index (χ3v) is 5.88. The lowest BCUT2D eigenvalue weighted by Gasteiger charge is -2.46. The standard InChI is InChI=1S/C21H30N2O4/c1-3-27-20(24)19-12-17-11-18(22-13-15-7-5-4-6-8-15)10-9-16(17)14-23(19)21(25)26-2/h4-8,16-19,22H,3,9-14H2,1-2H3/t16-,17+,18-,19-/m0/s1. The van der Waals surface area contributed by atoms with E-state index in [0.717, 1.165) is 25.8 Å². The second kappa shape index (κ2) is 9.22. The number of nitrogens with one attached hydrogen (secondary N) is 1. The van der Waals surface area contributed by atoms with Gasteiger partial charge in [0.15, 0.2) is 0 Å². The molecule has 27 heavy (non-hydrogen) atoms. The summed E-state index contributed by atoms with van der Waals surface area (Å²) in [7, 11) is 1.36. The number of carbonyl (C=O) groups is 2. The fourth-order valence-electron chi connectivity index (χ4n) is 4.47. The lowest BCUT2D eigenvalue weighted by atomic mass is 9.71. The minimum atomic E-state index is -0.536. The van der Waals surface area contributed by atoms with Gasteiger partial charge in [-0.3, -0.25) is 4.90 Å². The van der Waals surface area contributed by atoms with Crippen molar-refractivity contribution in [1.29, 1.82) is 0 Å². The summed E-state index contributed by atoms with van der Waals surface area (Å²) >= 11 is 0. The molecule has 1 N–H and O–H groups in total. The maximum Gasteiger partial charge on any atom is 0.410 e. The predicted molar refractivity (Wildman–Crippen MR) is 102 cm³/mol. The fourth-order valence-corrected chi connectivity index (χ4v) is 4.47. The first-order valence-corrected chi connectivity index (χ1v) is 9.90. The van der Waals surface area contributed by atoms with E-state index in [2.05, 4.69) is 29.6 Å². The molecular formula is C21H30N2O4. The number of ether oxygens (including phenoxy) is 2. The molecule has 0 radical (unpaired) electrons. The van der Waals surface area contributed by atoms with Gasteiger partial charge in [-0.25, -0.2) is 9.59 Å². The Balaban J connectivity index is 1.61. The highest BCUT2D eigenvalue weighted by atomic mass is 16.6. The number of methoxy groups -OCH3 is 1. The molecule has 148 valence electrons. The molecule has 1 saturated carbocycles. The van der Waals surface area contributed by atoms with Gasteiger partial charge in [-0.15, -0.1) is 0 Å². The normalized spacial score (nSPS) is 27.6. The summed E-state index contributed by atoms with van der Waals surface area (Å²) in [6, 6.07) is 10.3. The van der Waals surface area contributed by atoms with Gasteiger partial charge in [0.25, 0.3) is 0 Å². The van der Waals surface area contributed by atoms with Crippen LogP contribution in [0.2, 0.25) is 0 Å². The van der Waals surface area contributed by atoms with Crippen LogP contribution in [0.1, 0.15) is 38.2 Å². The lowest BCUT2D eigenvalue weighted by molar-refractivity contribution is -0.152. The number of hydrogen-bond acceptors (Lipinski definition) is 5. The molecule has 2 fully saturated rings. The topological polar surface area (TPSA) is 67.9 Å². The maximum atomic E-state index is 12.4. The van der Waals surface area contributed by atoms with Crippen LogP contribution in [-0.4, -0.2) is 49.3 Å². The van der Waals surface area contributed by atoms with E-state index in [0.29, 0.717) is 37.5 Å². The lowest BCUT2D eigenvalue weighted by Crippen LogP contribution is -2.56. The number of piperidine rings is 1. The minimum Gasteiger partial charge on any atom is -0.464 e. The summed E-state index contributed by atoms with van der Waals surface area (Å²) in [4.78, 5) is 26.1. The van der Waals surface area contributed by atoms with Crippen LogP contribution in [-0.2, 0) is 20.8 Å². The molecule has 0 bridgehead atoms. The fraction of sp³-hybridized carbons (Fsp3) is 0.619. The first-order chi connectivity index (χ1) is 13.1. The van der Waals surface area contributed by atoms with Crippen LogP contribution in [0.3, 0.4) is 0 Å². The quantitative estimate of drug-likeness (QED) is 0.803. The summed E-state index contributed by atoms with van der Waals surface area (Å²) in [5, 5.41) is 3.66. The monoisotopic (exact) mass is 374 g/mol. The summed E-state index contributed by atoms with van der Waals surface area (Å²) in [6.07, 6.45) is 3.40. The smallest absolute Gasteiger partial charge is 0.410 e. The molecule has 1 aliphatic heterocycles. The van der Waals surface area contributed by atoms with Crippen LogP contribution in [0.15, 0.2) is 30.3 Å². The van der Waals surface area contributed by atoms with Crippen LogP contribution in [0.4, 0.5) is 4.79 Å². The first-order valence-electron chi connectivity index (χ1n) is 9.90. The van der Waals surface area contributed by atoms with Crippen molar-refractivity contribution in [2.45, 2.75) is 51.2 Å². The second-order valence-corrected chi connectivity index (χ2v) is 7.52. The van der Waals surface area contributed by atoms with Gasteiger partial charge in [0.2, 0.25) is 0 Å². The molecule has 1 heterocycles. The Morgan fingerprint density at radius 2 is 1.93 bits per heavy atom. The van der Waals surface area contributed by atoms with Crippen molar-refractivity contribution in [2.75, 3.05) is 20.3 Å². The molecule has 0 spiro atoms. The third-order valence-electron chi connectivity index (χ3n) is 5.88. The second-order valence-electron chi connectivity index (χ2n) is 7.52. The molecule has 0 unspecified atom stereocenters. The number of hydrogen-bond donors (Lipinski definition) is 1. The number of carbonyl (C=O) groups excluding carboxylic acids is 2. The molecule has 4 atom stereocenters. The molecule has 6 nitrogen and oxygen atoms in total. The van der Waals surface area contributed by atoms with Crippen molar-refractivity contribution in [3.63, 3.8) is 0 Å². The van der Waals surface area contributed by atoms with Crippen LogP contribution in [0.25, 0.3) is 0 Å². The number of amides is 1. The molecule has 1 saturated heterocycles. The maximum absolute atomic E-state index is 12.4. The van der Waals surface area contributed by atoms with Crippen LogP contribution >= 0.6 is 0 Å². The SMILES string of the molecule is CCOC(=O)[C@@H]1C[C@H]2C[C@@H](NCc3ccccc3)CC[C@H]2CN1C(=O)OC. The number of likely N-dealkylation sites (tertiary alicyclic amines) is 1. The van der Waals surface area contributed by atoms with Crippen molar-refractivity contribution in [3.8, 4) is 0 Å². The van der Waals surface area contributed by atoms with Gasteiger partial charge in [0.05, 0.1) is 13.7 Å². The van der Waals surface area contributed by atoms with E-state index in [1.165, 1.54) is 12.7 Å². The number of rotatable bonds is 5. The minimum absolute atomic E-state index is 0.319. The Labute approximate surface area is 161 Å². The van der Waals surface area contributed by atoms with Crippen molar-refractivity contribution in [1.82, 2.24) is 10.2 Å². The molecule has 2 aliphatic rings. The number of esters is 1. The number of benzene rings is 1. The van der Waals surface area contributed by atoms with Crippen LogP contribution in [0.5, 0.6) is 0 Å². The van der Waals surface area contributed by atoms with E-state index in [-0.39, 0.29) is 5.97 Å². The highest BCUT2D eigenvalue weighted by molar-refractivity contribution is 5.81. The first kappa shape index (κ1) is 19.7. The van der Waals surface area contributed by atoms with Gasteiger partial charge in [0.1, 0.15) is 6.04 Å². The van der Waals surface area contributed by atoms with Gasteiger partial charge in [-0.05, 0) is 50.0 Å². The van der Waals surface area contributed by atoms with Crippen LogP contribution in [0, 0.1) is 11.8 Å². The molecule has 1 amide bonds. The average Bonchev–Trinajstić information content (AvgIpc) is 2.71. The highest BCUT2D eigenvalue weighted by Crippen LogP contribution is 2.39. The molecule has 0 aromatic heterocycles.